The molecule has 0 aliphatic carbocycles. The van der Waals surface area contributed by atoms with Gasteiger partial charge in [0.15, 0.2) is 11.5 Å². The highest BCUT2D eigenvalue weighted by molar-refractivity contribution is 6.33. The van der Waals surface area contributed by atoms with Crippen molar-refractivity contribution in [3.8, 4) is 11.5 Å². The van der Waals surface area contributed by atoms with Crippen LogP contribution in [0.1, 0.15) is 5.56 Å². The molecule has 0 fully saturated rings. The molecule has 0 radical (unpaired) electrons. The van der Waals surface area contributed by atoms with Gasteiger partial charge < -0.3 is 14.8 Å². The predicted molar refractivity (Wildman–Crippen MR) is 83.3 cm³/mol. The minimum absolute atomic E-state index is 0.345. The lowest BCUT2D eigenvalue weighted by atomic mass is 10.2. The molecular weight excluding hydrogens is 316 g/mol. The number of methoxy groups -OCH3 is 2. The summed E-state index contributed by atoms with van der Waals surface area (Å²) in [6, 6.07) is 7.99. The van der Waals surface area contributed by atoms with Crippen LogP contribution in [0.3, 0.4) is 0 Å². The smallest absolute Gasteiger partial charge is 0.179 e. The average Bonchev–Trinajstić information content (AvgIpc) is 2.47. The molecule has 0 unspecified atom stereocenters. The number of nitrogens with one attached hydrogen (secondary N) is 1. The molecule has 21 heavy (non-hydrogen) atoms. The highest BCUT2D eigenvalue weighted by Crippen LogP contribution is 2.37. The summed E-state index contributed by atoms with van der Waals surface area (Å²) in [5.74, 6) is 0.582. The van der Waals surface area contributed by atoms with Gasteiger partial charge in [-0.05, 0) is 29.8 Å². The van der Waals surface area contributed by atoms with Crippen LogP contribution in [0.15, 0.2) is 30.3 Å². The molecular formula is C15H14Cl2FNO2. The van der Waals surface area contributed by atoms with Crippen molar-refractivity contribution in [2.45, 2.75) is 6.54 Å². The van der Waals surface area contributed by atoms with Gasteiger partial charge in [0.2, 0.25) is 0 Å². The lowest BCUT2D eigenvalue weighted by Gasteiger charge is -2.14. The first-order valence-corrected chi connectivity index (χ1v) is 6.90. The number of halogens is 3. The van der Waals surface area contributed by atoms with Crippen molar-refractivity contribution in [1.82, 2.24) is 0 Å². The lowest BCUT2D eigenvalue weighted by Crippen LogP contribution is -2.03. The van der Waals surface area contributed by atoms with Crippen molar-refractivity contribution in [2.75, 3.05) is 19.5 Å². The van der Waals surface area contributed by atoms with E-state index in [4.69, 9.17) is 32.7 Å². The number of ether oxygens (including phenoxy) is 2. The first-order chi connectivity index (χ1) is 10.1. The van der Waals surface area contributed by atoms with E-state index in [-0.39, 0.29) is 0 Å². The van der Waals surface area contributed by atoms with E-state index in [0.29, 0.717) is 33.8 Å². The molecule has 0 aliphatic heterocycles. The molecule has 1 N–H and O–H groups in total. The maximum Gasteiger partial charge on any atom is 0.179 e. The molecule has 0 amide bonds. The van der Waals surface area contributed by atoms with E-state index < -0.39 is 5.82 Å². The van der Waals surface area contributed by atoms with Crippen molar-refractivity contribution in [3.05, 3.63) is 51.8 Å². The quantitative estimate of drug-likeness (QED) is 0.857. The zero-order valence-electron chi connectivity index (χ0n) is 11.5. The number of rotatable bonds is 5. The molecule has 0 atom stereocenters. The monoisotopic (exact) mass is 329 g/mol. The van der Waals surface area contributed by atoms with Gasteiger partial charge in [-0.3, -0.25) is 0 Å². The Labute approximate surface area is 132 Å². The third-order valence-electron chi connectivity index (χ3n) is 2.97. The molecule has 2 aromatic rings. The van der Waals surface area contributed by atoms with Crippen molar-refractivity contribution in [2.24, 2.45) is 0 Å². The minimum atomic E-state index is -0.418. The van der Waals surface area contributed by atoms with E-state index in [9.17, 15) is 4.39 Å². The van der Waals surface area contributed by atoms with Gasteiger partial charge in [0.1, 0.15) is 5.82 Å². The second-order valence-electron chi connectivity index (χ2n) is 4.25. The third kappa shape index (κ3) is 3.52. The molecule has 0 aliphatic rings. The minimum Gasteiger partial charge on any atom is -0.493 e. The summed E-state index contributed by atoms with van der Waals surface area (Å²) in [4.78, 5) is 0. The lowest BCUT2D eigenvalue weighted by molar-refractivity contribution is 0.355. The Morgan fingerprint density at radius 1 is 1.10 bits per heavy atom. The van der Waals surface area contributed by atoms with Gasteiger partial charge in [-0.15, -0.1) is 0 Å². The Hall–Kier alpha value is -1.65. The van der Waals surface area contributed by atoms with Gasteiger partial charge in [0.05, 0.1) is 24.9 Å². The molecule has 0 saturated heterocycles. The van der Waals surface area contributed by atoms with E-state index in [1.54, 1.807) is 24.3 Å². The van der Waals surface area contributed by atoms with Crippen LogP contribution in [0.5, 0.6) is 11.5 Å². The molecule has 3 nitrogen and oxygen atoms in total. The second-order valence-corrected chi connectivity index (χ2v) is 5.07. The Bertz CT molecular complexity index is 650. The van der Waals surface area contributed by atoms with Crippen molar-refractivity contribution < 1.29 is 13.9 Å². The molecule has 0 bridgehead atoms. The maximum atomic E-state index is 13.7. The Balaban J connectivity index is 2.20. The molecule has 2 aromatic carbocycles. The summed E-state index contributed by atoms with van der Waals surface area (Å²) in [5, 5.41) is 3.75. The van der Waals surface area contributed by atoms with E-state index in [1.165, 1.54) is 20.3 Å². The Morgan fingerprint density at radius 2 is 1.86 bits per heavy atom. The SMILES string of the molecule is COc1ccc(CNc2ccc(Cl)cc2F)c(Cl)c1OC. The summed E-state index contributed by atoms with van der Waals surface area (Å²) >= 11 is 12.0. The standard InChI is InChI=1S/C15H14Cl2FNO2/c1-20-13-6-3-9(14(17)15(13)21-2)8-19-12-5-4-10(16)7-11(12)18/h3-7,19H,8H2,1-2H3. The predicted octanol–water partition coefficient (Wildman–Crippen LogP) is 4.76. The van der Waals surface area contributed by atoms with E-state index in [1.807, 2.05) is 0 Å². The molecule has 112 valence electrons. The van der Waals surface area contributed by atoms with Crippen LogP contribution in [-0.4, -0.2) is 14.2 Å². The van der Waals surface area contributed by atoms with Gasteiger partial charge >= 0.3 is 0 Å². The first kappa shape index (κ1) is 15.7. The summed E-state index contributed by atoms with van der Waals surface area (Å²) in [6.07, 6.45) is 0. The number of hydrogen-bond donors (Lipinski definition) is 1. The van der Waals surface area contributed by atoms with Crippen molar-refractivity contribution >= 4 is 28.9 Å². The number of benzene rings is 2. The fourth-order valence-corrected chi connectivity index (χ4v) is 2.35. The normalized spacial score (nSPS) is 10.3. The molecule has 0 heterocycles. The summed E-state index contributed by atoms with van der Waals surface area (Å²) in [6.45, 7) is 0.345. The van der Waals surface area contributed by atoms with Gasteiger partial charge in [-0.2, -0.15) is 0 Å². The first-order valence-electron chi connectivity index (χ1n) is 6.15. The van der Waals surface area contributed by atoms with Crippen LogP contribution >= 0.6 is 23.2 Å². The van der Waals surface area contributed by atoms with Crippen LogP contribution in [0.4, 0.5) is 10.1 Å². The number of hydrogen-bond acceptors (Lipinski definition) is 3. The van der Waals surface area contributed by atoms with Gasteiger partial charge in [0, 0.05) is 11.6 Å². The summed E-state index contributed by atoms with van der Waals surface area (Å²) < 4.78 is 24.1. The van der Waals surface area contributed by atoms with Gasteiger partial charge in [-0.25, -0.2) is 4.39 Å². The molecule has 0 aromatic heterocycles. The number of anilines is 1. The van der Waals surface area contributed by atoms with E-state index in [0.717, 1.165) is 5.56 Å². The second kappa shape index (κ2) is 6.87. The zero-order valence-corrected chi connectivity index (χ0v) is 13.1. The molecule has 0 saturated carbocycles. The largest absolute Gasteiger partial charge is 0.493 e. The van der Waals surface area contributed by atoms with Crippen molar-refractivity contribution in [1.29, 1.82) is 0 Å². The van der Waals surface area contributed by atoms with E-state index in [2.05, 4.69) is 5.32 Å². The van der Waals surface area contributed by atoms with Gasteiger partial charge in [0.25, 0.3) is 0 Å². The highest BCUT2D eigenvalue weighted by atomic mass is 35.5. The van der Waals surface area contributed by atoms with Crippen LogP contribution in [0.25, 0.3) is 0 Å². The fraction of sp³-hybridized carbons (Fsp3) is 0.200. The highest BCUT2D eigenvalue weighted by Gasteiger charge is 2.13. The molecule has 0 spiro atoms. The third-order valence-corrected chi connectivity index (χ3v) is 3.61. The average molecular weight is 330 g/mol. The maximum absolute atomic E-state index is 13.7. The summed E-state index contributed by atoms with van der Waals surface area (Å²) in [5.41, 5.74) is 1.12. The van der Waals surface area contributed by atoms with Crippen LogP contribution in [-0.2, 0) is 6.54 Å². The molecule has 6 heteroatoms. The van der Waals surface area contributed by atoms with Gasteiger partial charge in [-0.1, -0.05) is 29.3 Å². The topological polar surface area (TPSA) is 30.5 Å². The van der Waals surface area contributed by atoms with Crippen LogP contribution in [0.2, 0.25) is 10.0 Å². The van der Waals surface area contributed by atoms with E-state index >= 15 is 0 Å². The summed E-state index contributed by atoms with van der Waals surface area (Å²) in [7, 11) is 3.05. The Kier molecular flexibility index (Phi) is 5.15. The van der Waals surface area contributed by atoms with Crippen LogP contribution < -0.4 is 14.8 Å². The van der Waals surface area contributed by atoms with Crippen LogP contribution in [0, 0.1) is 5.82 Å². The zero-order chi connectivity index (χ0) is 15.4. The molecule has 2 rings (SSSR count). The fourth-order valence-electron chi connectivity index (χ4n) is 1.89. The Morgan fingerprint density at radius 3 is 2.48 bits per heavy atom. The van der Waals surface area contributed by atoms with Crippen molar-refractivity contribution in [3.63, 3.8) is 0 Å².